The zero-order valence-corrected chi connectivity index (χ0v) is 16.7. The number of aryl methyl sites for hydroxylation is 1. The Morgan fingerprint density at radius 2 is 1.86 bits per heavy atom. The molecule has 6 nitrogen and oxygen atoms in total. The molecule has 2 heterocycles. The minimum Gasteiger partial charge on any atom is -0.305 e. The molecule has 2 aromatic carbocycles. The number of carbonyl (C=O) groups is 1. The molecule has 1 N–H and O–H groups in total. The van der Waals surface area contributed by atoms with Crippen molar-refractivity contribution < 1.29 is 4.79 Å². The zero-order valence-electron chi connectivity index (χ0n) is 15.9. The Morgan fingerprint density at radius 1 is 1.03 bits per heavy atom. The molecule has 1 amide bonds. The van der Waals surface area contributed by atoms with E-state index in [9.17, 15) is 4.79 Å². The van der Waals surface area contributed by atoms with Crippen LogP contribution in [-0.2, 0) is 13.1 Å². The summed E-state index contributed by atoms with van der Waals surface area (Å²) < 4.78 is 3.67. The summed E-state index contributed by atoms with van der Waals surface area (Å²) in [5.74, 6) is 0.336. The molecule has 4 aromatic rings. The van der Waals surface area contributed by atoms with Crippen molar-refractivity contribution in [2.45, 2.75) is 20.0 Å². The van der Waals surface area contributed by atoms with E-state index >= 15 is 0 Å². The molecule has 29 heavy (non-hydrogen) atoms. The molecule has 4 rings (SSSR count). The van der Waals surface area contributed by atoms with E-state index in [0.29, 0.717) is 29.5 Å². The quantitative estimate of drug-likeness (QED) is 0.517. The number of rotatable bonds is 6. The third-order valence-electron chi connectivity index (χ3n) is 4.56. The molecule has 0 aliphatic rings. The highest BCUT2D eigenvalue weighted by atomic mass is 35.5. The van der Waals surface area contributed by atoms with Gasteiger partial charge in [0.25, 0.3) is 5.91 Å². The lowest BCUT2D eigenvalue weighted by Gasteiger charge is -2.06. The molecule has 0 atom stereocenters. The van der Waals surface area contributed by atoms with Gasteiger partial charge in [0.2, 0.25) is 0 Å². The summed E-state index contributed by atoms with van der Waals surface area (Å²) in [5, 5.41) is 12.3. The summed E-state index contributed by atoms with van der Waals surface area (Å²) in [7, 11) is 0. The summed E-state index contributed by atoms with van der Waals surface area (Å²) in [4.78, 5) is 12.7. The second-order valence-corrected chi connectivity index (χ2v) is 7.25. The number of aromatic nitrogens is 4. The van der Waals surface area contributed by atoms with Crippen LogP contribution in [0.3, 0.4) is 0 Å². The molecule has 7 heteroatoms. The van der Waals surface area contributed by atoms with Gasteiger partial charge >= 0.3 is 0 Å². The summed E-state index contributed by atoms with van der Waals surface area (Å²) >= 11 is 5.94. The third-order valence-corrected chi connectivity index (χ3v) is 4.81. The normalized spacial score (nSPS) is 10.8. The van der Waals surface area contributed by atoms with Crippen LogP contribution in [0.4, 0.5) is 5.82 Å². The molecule has 0 unspecified atom stereocenters. The maximum Gasteiger partial charge on any atom is 0.256 e. The molecule has 0 saturated heterocycles. The summed E-state index contributed by atoms with van der Waals surface area (Å²) in [6.45, 7) is 3.18. The number of nitrogens with zero attached hydrogens (tertiary/aromatic N) is 4. The highest BCUT2D eigenvalue weighted by molar-refractivity contribution is 6.30. The average molecular weight is 406 g/mol. The van der Waals surface area contributed by atoms with E-state index in [1.165, 1.54) is 0 Å². The van der Waals surface area contributed by atoms with Crippen LogP contribution in [0.5, 0.6) is 0 Å². The van der Waals surface area contributed by atoms with Crippen LogP contribution in [0, 0.1) is 6.92 Å². The lowest BCUT2D eigenvalue weighted by atomic mass is 10.1. The van der Waals surface area contributed by atoms with Gasteiger partial charge in [-0.15, -0.1) is 0 Å². The minimum absolute atomic E-state index is 0.191. The summed E-state index contributed by atoms with van der Waals surface area (Å²) in [6.07, 6.45) is 3.63. The van der Waals surface area contributed by atoms with E-state index in [1.54, 1.807) is 12.3 Å². The molecule has 0 saturated carbocycles. The predicted molar refractivity (Wildman–Crippen MR) is 113 cm³/mol. The van der Waals surface area contributed by atoms with E-state index in [2.05, 4.69) is 15.5 Å². The first kappa shape index (κ1) is 19.0. The summed E-state index contributed by atoms with van der Waals surface area (Å²) in [5.41, 5.74) is 3.64. The maximum atomic E-state index is 12.7. The van der Waals surface area contributed by atoms with Gasteiger partial charge in [-0.1, -0.05) is 35.9 Å². The predicted octanol–water partition coefficient (Wildman–Crippen LogP) is 4.39. The van der Waals surface area contributed by atoms with Crippen molar-refractivity contribution in [3.05, 3.63) is 100 Å². The number of amides is 1. The van der Waals surface area contributed by atoms with Gasteiger partial charge < -0.3 is 5.32 Å². The third kappa shape index (κ3) is 4.73. The molecule has 0 fully saturated rings. The topological polar surface area (TPSA) is 64.7 Å². The molecule has 2 aromatic heterocycles. The smallest absolute Gasteiger partial charge is 0.256 e. The number of benzene rings is 2. The first-order valence-electron chi connectivity index (χ1n) is 9.23. The maximum absolute atomic E-state index is 12.7. The fourth-order valence-electron chi connectivity index (χ4n) is 3.07. The molecular formula is C22H20ClN5O. The Hall–Kier alpha value is -3.38. The minimum atomic E-state index is -0.191. The Balaban J connectivity index is 1.45. The number of anilines is 1. The van der Waals surface area contributed by atoms with Gasteiger partial charge in [-0.2, -0.15) is 10.2 Å². The molecule has 0 aliphatic carbocycles. The van der Waals surface area contributed by atoms with Crippen LogP contribution in [0.1, 0.15) is 27.2 Å². The molecule has 0 spiro atoms. The Kier molecular flexibility index (Phi) is 5.44. The van der Waals surface area contributed by atoms with Crippen molar-refractivity contribution in [1.82, 2.24) is 19.6 Å². The van der Waals surface area contributed by atoms with Crippen molar-refractivity contribution in [2.75, 3.05) is 5.32 Å². The Morgan fingerprint density at radius 3 is 2.62 bits per heavy atom. The number of halogens is 1. The van der Waals surface area contributed by atoms with Gasteiger partial charge in [-0.05, 0) is 48.4 Å². The van der Waals surface area contributed by atoms with E-state index in [0.717, 1.165) is 16.8 Å². The second-order valence-electron chi connectivity index (χ2n) is 6.81. The highest BCUT2D eigenvalue weighted by Crippen LogP contribution is 2.15. The second kappa shape index (κ2) is 8.32. The zero-order chi connectivity index (χ0) is 20.2. The van der Waals surface area contributed by atoms with E-state index in [1.807, 2.05) is 77.1 Å². The molecular weight excluding hydrogens is 386 g/mol. The number of nitrogens with one attached hydrogen (secondary N) is 1. The fraction of sp³-hybridized carbons (Fsp3) is 0.136. The Bertz CT molecular complexity index is 1120. The van der Waals surface area contributed by atoms with Crippen molar-refractivity contribution in [3.8, 4) is 0 Å². The van der Waals surface area contributed by atoms with Gasteiger partial charge in [0.1, 0.15) is 0 Å². The van der Waals surface area contributed by atoms with Crippen molar-refractivity contribution in [3.63, 3.8) is 0 Å². The van der Waals surface area contributed by atoms with Crippen molar-refractivity contribution >= 4 is 23.3 Å². The number of carbonyl (C=O) groups excluding carboxylic acids is 1. The SMILES string of the molecule is Cc1cc(NC(=O)c2cccc(Cn3cccn3)c2)nn1Cc1ccc(Cl)cc1. The monoisotopic (exact) mass is 405 g/mol. The largest absolute Gasteiger partial charge is 0.305 e. The van der Waals surface area contributed by atoms with Gasteiger partial charge in [-0.25, -0.2) is 0 Å². The van der Waals surface area contributed by atoms with Crippen LogP contribution in [-0.4, -0.2) is 25.5 Å². The van der Waals surface area contributed by atoms with Gasteiger partial charge in [0, 0.05) is 34.7 Å². The van der Waals surface area contributed by atoms with Crippen molar-refractivity contribution in [2.24, 2.45) is 0 Å². The number of hydrogen-bond donors (Lipinski definition) is 1. The molecule has 0 aliphatic heterocycles. The molecule has 146 valence electrons. The molecule has 0 radical (unpaired) electrons. The standard InChI is InChI=1S/C22H20ClN5O/c1-16-12-21(26-28(16)15-17-6-8-20(23)9-7-17)25-22(29)19-5-2-4-18(13-19)14-27-11-3-10-24-27/h2-13H,14-15H2,1H3,(H,25,26,29). The van der Waals surface area contributed by atoms with Crippen LogP contribution in [0.2, 0.25) is 5.02 Å². The first-order valence-corrected chi connectivity index (χ1v) is 9.61. The van der Waals surface area contributed by atoms with E-state index < -0.39 is 0 Å². The lowest BCUT2D eigenvalue weighted by molar-refractivity contribution is 0.102. The van der Waals surface area contributed by atoms with Gasteiger partial charge in [0.15, 0.2) is 5.82 Å². The lowest BCUT2D eigenvalue weighted by Crippen LogP contribution is -2.13. The van der Waals surface area contributed by atoms with Crippen LogP contribution in [0.15, 0.2) is 73.1 Å². The first-order chi connectivity index (χ1) is 14.1. The Labute approximate surface area is 173 Å². The van der Waals surface area contributed by atoms with E-state index in [4.69, 9.17) is 11.6 Å². The number of hydrogen-bond acceptors (Lipinski definition) is 3. The average Bonchev–Trinajstić information content (AvgIpc) is 3.33. The van der Waals surface area contributed by atoms with Gasteiger partial charge in [0.05, 0.1) is 13.1 Å². The van der Waals surface area contributed by atoms with Crippen LogP contribution in [0.25, 0.3) is 0 Å². The van der Waals surface area contributed by atoms with Crippen LogP contribution >= 0.6 is 11.6 Å². The summed E-state index contributed by atoms with van der Waals surface area (Å²) in [6, 6.07) is 18.9. The van der Waals surface area contributed by atoms with Crippen LogP contribution < -0.4 is 5.32 Å². The fourth-order valence-corrected chi connectivity index (χ4v) is 3.20. The molecule has 0 bridgehead atoms. The highest BCUT2D eigenvalue weighted by Gasteiger charge is 2.11. The van der Waals surface area contributed by atoms with Gasteiger partial charge in [-0.3, -0.25) is 14.2 Å². The van der Waals surface area contributed by atoms with E-state index in [-0.39, 0.29) is 5.91 Å². The van der Waals surface area contributed by atoms with Crippen molar-refractivity contribution in [1.29, 1.82) is 0 Å².